The van der Waals surface area contributed by atoms with E-state index in [4.69, 9.17) is 10.00 Å². The predicted octanol–water partition coefficient (Wildman–Crippen LogP) is 0.472. The first-order valence-electron chi connectivity index (χ1n) is 4.05. The molecule has 1 aliphatic heterocycles. The quantitative estimate of drug-likeness (QED) is 0.391. The lowest BCUT2D eigenvalue weighted by Crippen LogP contribution is -2.17. The number of rotatable bonds is 2. The Morgan fingerprint density at radius 2 is 2.57 bits per heavy atom. The van der Waals surface area contributed by atoms with Gasteiger partial charge in [0.05, 0.1) is 18.5 Å². The first-order valence-corrected chi connectivity index (χ1v) is 4.05. The molecule has 0 bridgehead atoms. The van der Waals surface area contributed by atoms with Crippen LogP contribution in [0, 0.1) is 11.3 Å². The van der Waals surface area contributed by atoms with E-state index in [0.717, 1.165) is 0 Å². The SMILES string of the molecule is CCOC(=O)/C(C#N)=C1\C=NC=CN1. The molecule has 0 radical (unpaired) electrons. The van der Waals surface area contributed by atoms with Gasteiger partial charge in [-0.25, -0.2) is 4.79 Å². The summed E-state index contributed by atoms with van der Waals surface area (Å²) in [5, 5.41) is 11.5. The highest BCUT2D eigenvalue weighted by atomic mass is 16.5. The van der Waals surface area contributed by atoms with Gasteiger partial charge in [0, 0.05) is 12.4 Å². The first kappa shape index (κ1) is 9.99. The van der Waals surface area contributed by atoms with Crippen LogP contribution >= 0.6 is 0 Å². The van der Waals surface area contributed by atoms with Crippen molar-refractivity contribution < 1.29 is 9.53 Å². The zero-order valence-corrected chi connectivity index (χ0v) is 7.65. The minimum atomic E-state index is -0.640. The molecule has 72 valence electrons. The summed E-state index contributed by atoms with van der Waals surface area (Å²) in [7, 11) is 0. The number of nitrogens with zero attached hydrogens (tertiary/aromatic N) is 2. The summed E-state index contributed by atoms with van der Waals surface area (Å²) in [6, 6.07) is 1.77. The molecule has 0 saturated heterocycles. The van der Waals surface area contributed by atoms with E-state index >= 15 is 0 Å². The Morgan fingerprint density at radius 3 is 3.07 bits per heavy atom. The average Bonchev–Trinajstić information content (AvgIpc) is 2.21. The molecule has 1 rings (SSSR count). The zero-order valence-electron chi connectivity index (χ0n) is 7.65. The topological polar surface area (TPSA) is 74.5 Å². The van der Waals surface area contributed by atoms with Gasteiger partial charge in [-0.3, -0.25) is 4.99 Å². The van der Waals surface area contributed by atoms with E-state index in [1.165, 1.54) is 18.6 Å². The van der Waals surface area contributed by atoms with Gasteiger partial charge in [-0.15, -0.1) is 0 Å². The number of aliphatic imine (C=N–C) groups is 1. The standard InChI is InChI=1S/C9H9N3O2/c1-2-14-9(13)7(5-10)8-6-11-3-4-12-8/h3-4,6,12H,2H2,1H3/b8-7+. The van der Waals surface area contributed by atoms with E-state index in [0.29, 0.717) is 5.70 Å². The van der Waals surface area contributed by atoms with E-state index in [1.807, 2.05) is 0 Å². The fourth-order valence-corrected chi connectivity index (χ4v) is 0.881. The van der Waals surface area contributed by atoms with Crippen LogP contribution in [0.2, 0.25) is 0 Å². The van der Waals surface area contributed by atoms with Gasteiger partial charge in [0.25, 0.3) is 0 Å². The van der Waals surface area contributed by atoms with E-state index in [1.54, 1.807) is 13.0 Å². The van der Waals surface area contributed by atoms with Gasteiger partial charge in [-0.05, 0) is 6.92 Å². The van der Waals surface area contributed by atoms with Gasteiger partial charge in [-0.1, -0.05) is 0 Å². The molecule has 0 fully saturated rings. The Balaban J connectivity index is 2.91. The van der Waals surface area contributed by atoms with Crippen molar-refractivity contribution >= 4 is 12.2 Å². The second-order valence-electron chi connectivity index (χ2n) is 2.36. The summed E-state index contributed by atoms with van der Waals surface area (Å²) in [6.07, 6.45) is 4.45. The summed E-state index contributed by atoms with van der Waals surface area (Å²) >= 11 is 0. The van der Waals surface area contributed by atoms with Gasteiger partial charge in [0.15, 0.2) is 5.57 Å². The zero-order chi connectivity index (χ0) is 10.4. The molecule has 0 saturated carbocycles. The third-order valence-corrected chi connectivity index (χ3v) is 1.46. The molecule has 14 heavy (non-hydrogen) atoms. The van der Waals surface area contributed by atoms with Crippen molar-refractivity contribution in [3.63, 3.8) is 0 Å². The number of esters is 1. The molecule has 0 aromatic rings. The molecular weight excluding hydrogens is 182 g/mol. The smallest absolute Gasteiger partial charge is 0.351 e. The lowest BCUT2D eigenvalue weighted by atomic mass is 10.2. The molecule has 0 unspecified atom stereocenters. The summed E-state index contributed by atoms with van der Waals surface area (Å²) < 4.78 is 4.70. The highest BCUT2D eigenvalue weighted by molar-refractivity contribution is 6.00. The van der Waals surface area contributed by atoms with Crippen molar-refractivity contribution in [3.8, 4) is 6.07 Å². The summed E-state index contributed by atoms with van der Waals surface area (Å²) in [4.78, 5) is 15.0. The van der Waals surface area contributed by atoms with Gasteiger partial charge < -0.3 is 10.1 Å². The van der Waals surface area contributed by atoms with Crippen molar-refractivity contribution in [3.05, 3.63) is 23.7 Å². The number of carbonyl (C=O) groups excluding carboxylic acids is 1. The molecule has 5 nitrogen and oxygen atoms in total. The fourth-order valence-electron chi connectivity index (χ4n) is 0.881. The van der Waals surface area contributed by atoms with Gasteiger partial charge in [-0.2, -0.15) is 5.26 Å². The monoisotopic (exact) mass is 191 g/mol. The van der Waals surface area contributed by atoms with Crippen molar-refractivity contribution in [2.45, 2.75) is 6.92 Å². The summed E-state index contributed by atoms with van der Waals surface area (Å²) in [5.74, 6) is -0.640. The second kappa shape index (κ2) is 4.82. The number of hydrogen-bond acceptors (Lipinski definition) is 5. The molecule has 0 aliphatic carbocycles. The van der Waals surface area contributed by atoms with Crippen LogP contribution < -0.4 is 5.32 Å². The Morgan fingerprint density at radius 1 is 1.79 bits per heavy atom. The highest BCUT2D eigenvalue weighted by Gasteiger charge is 2.15. The highest BCUT2D eigenvalue weighted by Crippen LogP contribution is 2.04. The largest absolute Gasteiger partial charge is 0.462 e. The van der Waals surface area contributed by atoms with E-state index in [9.17, 15) is 4.79 Å². The average molecular weight is 191 g/mol. The Hall–Kier alpha value is -2.09. The van der Waals surface area contributed by atoms with Crippen LogP contribution in [0.25, 0.3) is 0 Å². The fraction of sp³-hybridized carbons (Fsp3) is 0.222. The molecule has 0 spiro atoms. The van der Waals surface area contributed by atoms with Crippen LogP contribution in [0.5, 0.6) is 0 Å². The van der Waals surface area contributed by atoms with Crippen LogP contribution in [-0.4, -0.2) is 18.8 Å². The number of nitriles is 1. The maximum Gasteiger partial charge on any atom is 0.351 e. The molecule has 1 heterocycles. The molecule has 5 heteroatoms. The summed E-state index contributed by atoms with van der Waals surface area (Å²) in [5.41, 5.74) is 0.286. The van der Waals surface area contributed by atoms with Crippen molar-refractivity contribution in [1.82, 2.24) is 5.32 Å². The van der Waals surface area contributed by atoms with Crippen molar-refractivity contribution in [2.24, 2.45) is 4.99 Å². The molecule has 0 aromatic heterocycles. The Bertz CT molecular complexity index is 361. The van der Waals surface area contributed by atoms with Crippen LogP contribution in [0.1, 0.15) is 6.92 Å². The van der Waals surface area contributed by atoms with E-state index < -0.39 is 5.97 Å². The molecule has 0 aromatic carbocycles. The van der Waals surface area contributed by atoms with Crippen LogP contribution in [0.4, 0.5) is 0 Å². The lowest BCUT2D eigenvalue weighted by molar-refractivity contribution is -0.138. The maximum absolute atomic E-state index is 11.2. The lowest BCUT2D eigenvalue weighted by Gasteiger charge is -2.07. The molecular formula is C9H9N3O2. The number of allylic oxidation sites excluding steroid dienone is 1. The third-order valence-electron chi connectivity index (χ3n) is 1.46. The van der Waals surface area contributed by atoms with E-state index in [2.05, 4.69) is 10.3 Å². The predicted molar refractivity (Wildman–Crippen MR) is 50.0 cm³/mol. The Kier molecular flexibility index (Phi) is 3.44. The Labute approximate surface area is 81.4 Å². The molecule has 0 atom stereocenters. The van der Waals surface area contributed by atoms with Crippen LogP contribution in [0.3, 0.4) is 0 Å². The van der Waals surface area contributed by atoms with Gasteiger partial charge in [0.2, 0.25) is 0 Å². The number of nitrogens with one attached hydrogen (secondary N) is 1. The number of ether oxygens (including phenoxy) is 1. The normalized spacial score (nSPS) is 16.9. The van der Waals surface area contributed by atoms with E-state index in [-0.39, 0.29) is 12.2 Å². The summed E-state index contributed by atoms with van der Waals surface area (Å²) in [6.45, 7) is 1.92. The molecule has 0 amide bonds. The number of carbonyl (C=O) groups is 1. The number of hydrogen-bond donors (Lipinski definition) is 1. The van der Waals surface area contributed by atoms with Crippen molar-refractivity contribution in [1.29, 1.82) is 5.26 Å². The maximum atomic E-state index is 11.2. The van der Waals surface area contributed by atoms with Gasteiger partial charge >= 0.3 is 5.97 Å². The second-order valence-corrected chi connectivity index (χ2v) is 2.36. The molecule has 1 aliphatic rings. The molecule has 1 N–H and O–H groups in total. The van der Waals surface area contributed by atoms with Crippen molar-refractivity contribution in [2.75, 3.05) is 6.61 Å². The minimum Gasteiger partial charge on any atom is -0.462 e. The van der Waals surface area contributed by atoms with Crippen LogP contribution in [0.15, 0.2) is 28.7 Å². The third kappa shape index (κ3) is 2.20. The van der Waals surface area contributed by atoms with Gasteiger partial charge in [0.1, 0.15) is 6.07 Å². The van der Waals surface area contributed by atoms with Crippen LogP contribution in [-0.2, 0) is 9.53 Å². The minimum absolute atomic E-state index is 0.0695. The first-order chi connectivity index (χ1) is 6.79.